The van der Waals surface area contributed by atoms with Gasteiger partial charge in [-0.2, -0.15) is 0 Å². The summed E-state index contributed by atoms with van der Waals surface area (Å²) in [5, 5.41) is 3.65. The van der Waals surface area contributed by atoms with Crippen molar-refractivity contribution in [3.63, 3.8) is 0 Å². The Morgan fingerprint density at radius 2 is 2.15 bits per heavy atom. The topological polar surface area (TPSA) is 63.3 Å². The van der Waals surface area contributed by atoms with Crippen molar-refractivity contribution in [2.45, 2.75) is 13.5 Å². The number of nitrogens with zero attached hydrogens (tertiary/aromatic N) is 2. The second-order valence-corrected chi connectivity index (χ2v) is 4.60. The third kappa shape index (κ3) is 5.34. The minimum absolute atomic E-state index is 0. The molecule has 2 aromatic rings. The number of aromatic nitrogens is 1. The maximum absolute atomic E-state index is 5.82. The largest absolute Gasteiger partial charge is 0.370 e. The van der Waals surface area contributed by atoms with Gasteiger partial charge in [-0.1, -0.05) is 23.7 Å². The van der Waals surface area contributed by atoms with E-state index in [1.807, 2.05) is 37.3 Å². The van der Waals surface area contributed by atoms with E-state index >= 15 is 0 Å². The predicted molar refractivity (Wildman–Crippen MR) is 94.8 cm³/mol. The minimum atomic E-state index is 0. The zero-order valence-electron chi connectivity index (χ0n) is 11.0. The van der Waals surface area contributed by atoms with Crippen LogP contribution >= 0.6 is 35.6 Å². The van der Waals surface area contributed by atoms with Crippen molar-refractivity contribution in [2.24, 2.45) is 10.7 Å². The zero-order valence-corrected chi connectivity index (χ0v) is 14.1. The van der Waals surface area contributed by atoms with Crippen LogP contribution < -0.4 is 11.1 Å². The van der Waals surface area contributed by atoms with Crippen LogP contribution in [-0.4, -0.2) is 10.9 Å². The van der Waals surface area contributed by atoms with Crippen LogP contribution in [0.2, 0.25) is 5.02 Å². The van der Waals surface area contributed by atoms with Crippen LogP contribution in [0.15, 0.2) is 47.6 Å². The van der Waals surface area contributed by atoms with E-state index in [9.17, 15) is 0 Å². The van der Waals surface area contributed by atoms with Gasteiger partial charge in [0.25, 0.3) is 0 Å². The van der Waals surface area contributed by atoms with Crippen molar-refractivity contribution in [2.75, 3.05) is 5.32 Å². The van der Waals surface area contributed by atoms with E-state index < -0.39 is 0 Å². The minimum Gasteiger partial charge on any atom is -0.370 e. The maximum Gasteiger partial charge on any atom is 0.193 e. The van der Waals surface area contributed by atoms with Crippen LogP contribution in [-0.2, 0) is 6.54 Å². The van der Waals surface area contributed by atoms with Crippen LogP contribution in [0.5, 0.6) is 0 Å². The van der Waals surface area contributed by atoms with Gasteiger partial charge in [0.2, 0.25) is 0 Å². The number of guanidine groups is 1. The Morgan fingerprint density at radius 1 is 1.35 bits per heavy atom. The average molecular weight is 403 g/mol. The Balaban J connectivity index is 0.00000200. The first kappa shape index (κ1) is 16.7. The molecule has 1 aromatic heterocycles. The molecule has 0 unspecified atom stereocenters. The number of benzene rings is 1. The van der Waals surface area contributed by atoms with Gasteiger partial charge in [-0.05, 0) is 36.8 Å². The van der Waals surface area contributed by atoms with Gasteiger partial charge in [0, 0.05) is 11.9 Å². The second kappa shape index (κ2) is 8.06. The van der Waals surface area contributed by atoms with Gasteiger partial charge in [0.1, 0.15) is 0 Å². The number of pyridine rings is 1. The number of anilines is 1. The third-order valence-corrected chi connectivity index (χ3v) is 2.71. The van der Waals surface area contributed by atoms with Crippen molar-refractivity contribution < 1.29 is 0 Å². The highest BCUT2D eigenvalue weighted by Crippen LogP contribution is 2.09. The molecule has 0 atom stereocenters. The van der Waals surface area contributed by atoms with E-state index in [1.165, 1.54) is 0 Å². The molecule has 0 fully saturated rings. The molecular formula is C14H16ClIN4. The molecule has 0 aliphatic carbocycles. The van der Waals surface area contributed by atoms with E-state index in [0.29, 0.717) is 17.5 Å². The molecule has 0 saturated carbocycles. The monoisotopic (exact) mass is 402 g/mol. The first-order chi connectivity index (χ1) is 9.13. The summed E-state index contributed by atoms with van der Waals surface area (Å²) in [6, 6.07) is 11.5. The third-order valence-electron chi connectivity index (χ3n) is 2.49. The number of hydrogen-bond donors (Lipinski definition) is 2. The summed E-state index contributed by atoms with van der Waals surface area (Å²) >= 11 is 5.76. The van der Waals surface area contributed by atoms with Gasteiger partial charge >= 0.3 is 0 Å². The standard InChI is InChI=1S/C14H15ClN4.HI/c1-10-3-2-4-12(7-10)19-14(16)18-9-13-6-5-11(15)8-17-13;/h2-8H,9H2,1H3,(H3,16,18,19);1H. The SMILES string of the molecule is Cc1cccc(NC(N)=NCc2ccc(Cl)cn2)c1.I. The van der Waals surface area contributed by atoms with Gasteiger partial charge in [-0.25, -0.2) is 4.99 Å². The first-order valence-electron chi connectivity index (χ1n) is 5.87. The molecule has 20 heavy (non-hydrogen) atoms. The Kier molecular flexibility index (Phi) is 6.74. The molecule has 0 bridgehead atoms. The fraction of sp³-hybridized carbons (Fsp3) is 0.143. The van der Waals surface area contributed by atoms with Gasteiger partial charge in [-0.15, -0.1) is 24.0 Å². The molecule has 1 aromatic carbocycles. The van der Waals surface area contributed by atoms with Crippen LogP contribution in [0.4, 0.5) is 5.69 Å². The van der Waals surface area contributed by atoms with Gasteiger partial charge in [0.15, 0.2) is 5.96 Å². The van der Waals surface area contributed by atoms with Crippen molar-refractivity contribution in [1.29, 1.82) is 0 Å². The molecule has 0 aliphatic heterocycles. The Bertz CT molecular complexity index is 584. The lowest BCUT2D eigenvalue weighted by atomic mass is 10.2. The summed E-state index contributed by atoms with van der Waals surface area (Å²) in [7, 11) is 0. The molecule has 6 heteroatoms. The van der Waals surface area contributed by atoms with E-state index in [-0.39, 0.29) is 24.0 Å². The highest BCUT2D eigenvalue weighted by molar-refractivity contribution is 14.0. The number of aryl methyl sites for hydroxylation is 1. The van der Waals surface area contributed by atoms with Gasteiger partial charge < -0.3 is 11.1 Å². The van der Waals surface area contributed by atoms with E-state index in [1.54, 1.807) is 12.3 Å². The van der Waals surface area contributed by atoms with Crippen molar-refractivity contribution in [1.82, 2.24) is 4.98 Å². The molecule has 106 valence electrons. The second-order valence-electron chi connectivity index (χ2n) is 4.16. The van der Waals surface area contributed by atoms with Crippen LogP contribution in [0.3, 0.4) is 0 Å². The summed E-state index contributed by atoms with van der Waals surface area (Å²) in [6.07, 6.45) is 1.59. The number of halogens is 2. The normalized spacial score (nSPS) is 10.8. The van der Waals surface area contributed by atoms with Crippen molar-refractivity contribution in [3.05, 3.63) is 58.9 Å². The summed E-state index contributed by atoms with van der Waals surface area (Å²) in [5.41, 5.74) is 8.72. The predicted octanol–water partition coefficient (Wildman–Crippen LogP) is 3.59. The van der Waals surface area contributed by atoms with Gasteiger partial charge in [-0.3, -0.25) is 4.98 Å². The summed E-state index contributed by atoms with van der Waals surface area (Å²) < 4.78 is 0. The Labute approximate surface area is 140 Å². The summed E-state index contributed by atoms with van der Waals surface area (Å²) in [4.78, 5) is 8.38. The lowest BCUT2D eigenvalue weighted by Gasteiger charge is -2.06. The van der Waals surface area contributed by atoms with Crippen LogP contribution in [0.1, 0.15) is 11.3 Å². The fourth-order valence-electron chi connectivity index (χ4n) is 1.58. The van der Waals surface area contributed by atoms with Crippen molar-refractivity contribution in [3.8, 4) is 0 Å². The maximum atomic E-state index is 5.82. The molecule has 3 N–H and O–H groups in total. The van der Waals surface area contributed by atoms with Crippen LogP contribution in [0.25, 0.3) is 0 Å². The quantitative estimate of drug-likeness (QED) is 0.468. The summed E-state index contributed by atoms with van der Waals surface area (Å²) in [6.45, 7) is 2.44. The molecule has 0 saturated heterocycles. The molecule has 2 rings (SSSR count). The number of nitrogens with two attached hydrogens (primary N) is 1. The number of aliphatic imine (C=N–C) groups is 1. The Hall–Kier alpha value is -1.34. The van der Waals surface area contributed by atoms with Crippen LogP contribution in [0, 0.1) is 6.92 Å². The first-order valence-corrected chi connectivity index (χ1v) is 6.25. The lowest BCUT2D eigenvalue weighted by molar-refractivity contribution is 0.985. The van der Waals surface area contributed by atoms with Crippen molar-refractivity contribution >= 4 is 47.2 Å². The number of rotatable bonds is 3. The van der Waals surface area contributed by atoms with E-state index in [2.05, 4.69) is 15.3 Å². The lowest BCUT2D eigenvalue weighted by Crippen LogP contribution is -2.22. The average Bonchev–Trinajstić information content (AvgIpc) is 2.38. The number of nitrogens with one attached hydrogen (secondary N) is 1. The fourth-order valence-corrected chi connectivity index (χ4v) is 1.69. The van der Waals surface area contributed by atoms with E-state index in [4.69, 9.17) is 17.3 Å². The molecule has 0 amide bonds. The highest BCUT2D eigenvalue weighted by Gasteiger charge is 1.97. The molecule has 0 spiro atoms. The molecule has 0 aliphatic rings. The zero-order chi connectivity index (χ0) is 13.7. The number of hydrogen-bond acceptors (Lipinski definition) is 2. The molecule has 0 radical (unpaired) electrons. The van der Waals surface area contributed by atoms with Gasteiger partial charge in [0.05, 0.1) is 17.3 Å². The summed E-state index contributed by atoms with van der Waals surface area (Å²) in [5.74, 6) is 0.363. The highest BCUT2D eigenvalue weighted by atomic mass is 127. The van der Waals surface area contributed by atoms with E-state index in [0.717, 1.165) is 16.9 Å². The Morgan fingerprint density at radius 3 is 2.80 bits per heavy atom. The smallest absolute Gasteiger partial charge is 0.193 e. The molecular weight excluding hydrogens is 387 g/mol. The molecule has 4 nitrogen and oxygen atoms in total. The molecule has 1 heterocycles.